The number of nitrogens with one attached hydrogen (secondary N) is 1. The number of guanidine groups is 1. The molecule has 1 aromatic carbocycles. The molecule has 1 saturated heterocycles. The van der Waals surface area contributed by atoms with Gasteiger partial charge in [0, 0.05) is 33.2 Å². The molecule has 156 valence electrons. The van der Waals surface area contributed by atoms with Gasteiger partial charge in [-0.2, -0.15) is 0 Å². The summed E-state index contributed by atoms with van der Waals surface area (Å²) in [5.41, 5.74) is 1.44. The van der Waals surface area contributed by atoms with Crippen molar-refractivity contribution < 1.29 is 4.79 Å². The summed E-state index contributed by atoms with van der Waals surface area (Å²) in [5.74, 6) is 1.73. The van der Waals surface area contributed by atoms with E-state index in [9.17, 15) is 4.79 Å². The molecular weight excluding hydrogens is 463 g/mol. The average molecular weight is 498 g/mol. The zero-order chi connectivity index (χ0) is 19.1. The second-order valence-corrected chi connectivity index (χ2v) is 8.17. The fourth-order valence-corrected chi connectivity index (χ4v) is 4.07. The molecule has 0 bridgehead atoms. The first-order chi connectivity index (χ1) is 13.1. The van der Waals surface area contributed by atoms with Gasteiger partial charge in [0.25, 0.3) is 0 Å². The van der Waals surface area contributed by atoms with Crippen molar-refractivity contribution in [2.45, 2.75) is 51.0 Å². The molecule has 0 unspecified atom stereocenters. The molecule has 2 aliphatic rings. The van der Waals surface area contributed by atoms with Crippen molar-refractivity contribution in [3.63, 3.8) is 0 Å². The number of likely N-dealkylation sites (N-methyl/N-ethyl adjacent to an activating group) is 1. The summed E-state index contributed by atoms with van der Waals surface area (Å²) in [5, 5.41) is 3.65. The highest BCUT2D eigenvalue weighted by molar-refractivity contribution is 14.0. The number of hydrogen-bond acceptors (Lipinski definition) is 2. The van der Waals surface area contributed by atoms with Gasteiger partial charge in [0.1, 0.15) is 6.54 Å². The van der Waals surface area contributed by atoms with E-state index in [2.05, 4.69) is 45.5 Å². The summed E-state index contributed by atoms with van der Waals surface area (Å²) in [6, 6.07) is 11.3. The van der Waals surface area contributed by atoms with E-state index in [1.165, 1.54) is 44.1 Å². The van der Waals surface area contributed by atoms with Crippen LogP contribution in [0.5, 0.6) is 0 Å². The fourth-order valence-electron chi connectivity index (χ4n) is 4.07. The Bertz CT molecular complexity index is 621. The van der Waals surface area contributed by atoms with E-state index in [-0.39, 0.29) is 36.4 Å². The summed E-state index contributed by atoms with van der Waals surface area (Å²) in [7, 11) is 3.58. The van der Waals surface area contributed by atoms with Crippen LogP contribution in [0.2, 0.25) is 0 Å². The smallest absolute Gasteiger partial charge is 0.243 e. The van der Waals surface area contributed by atoms with Gasteiger partial charge in [-0.05, 0) is 43.6 Å². The molecule has 1 aliphatic heterocycles. The molecule has 28 heavy (non-hydrogen) atoms. The molecule has 1 aromatic rings. The first kappa shape index (κ1) is 23.0. The fraction of sp³-hybridized carbons (Fsp3) is 0.636. The molecule has 1 aliphatic carbocycles. The molecule has 0 aromatic heterocycles. The molecule has 1 heterocycles. The third kappa shape index (κ3) is 6.94. The molecule has 0 atom stereocenters. The number of carbonyl (C=O) groups is 1. The van der Waals surface area contributed by atoms with Crippen molar-refractivity contribution in [1.82, 2.24) is 15.1 Å². The Morgan fingerprint density at radius 2 is 1.75 bits per heavy atom. The Morgan fingerprint density at radius 1 is 1.11 bits per heavy atom. The van der Waals surface area contributed by atoms with E-state index in [4.69, 9.17) is 0 Å². The Labute approximate surface area is 187 Å². The molecular formula is C22H35IN4O. The number of carbonyl (C=O) groups excluding carboxylic acids is 1. The van der Waals surface area contributed by atoms with E-state index in [1.54, 1.807) is 19.0 Å². The highest BCUT2D eigenvalue weighted by Crippen LogP contribution is 2.23. The minimum absolute atomic E-state index is 0. The summed E-state index contributed by atoms with van der Waals surface area (Å²) >= 11 is 0. The van der Waals surface area contributed by atoms with Crippen LogP contribution in [0.15, 0.2) is 35.3 Å². The predicted molar refractivity (Wildman–Crippen MR) is 126 cm³/mol. The number of nitrogens with zero attached hydrogens (tertiary/aromatic N) is 3. The van der Waals surface area contributed by atoms with Crippen molar-refractivity contribution in [2.75, 3.05) is 33.7 Å². The second kappa shape index (κ2) is 11.6. The molecule has 0 radical (unpaired) electrons. The number of benzene rings is 1. The van der Waals surface area contributed by atoms with Crippen molar-refractivity contribution in [3.05, 3.63) is 35.9 Å². The highest BCUT2D eigenvalue weighted by Gasteiger charge is 2.24. The van der Waals surface area contributed by atoms with Gasteiger partial charge >= 0.3 is 0 Å². The van der Waals surface area contributed by atoms with Crippen molar-refractivity contribution in [2.24, 2.45) is 10.9 Å². The molecule has 1 amide bonds. The van der Waals surface area contributed by atoms with Crippen LogP contribution in [0.3, 0.4) is 0 Å². The van der Waals surface area contributed by atoms with E-state index in [1.807, 2.05) is 0 Å². The Hall–Kier alpha value is -1.31. The molecule has 0 spiro atoms. The van der Waals surface area contributed by atoms with Gasteiger partial charge in [-0.15, -0.1) is 24.0 Å². The van der Waals surface area contributed by atoms with Crippen LogP contribution in [0.4, 0.5) is 0 Å². The van der Waals surface area contributed by atoms with Crippen molar-refractivity contribution in [1.29, 1.82) is 0 Å². The number of hydrogen-bond donors (Lipinski definition) is 1. The highest BCUT2D eigenvalue weighted by atomic mass is 127. The van der Waals surface area contributed by atoms with Crippen LogP contribution in [0, 0.1) is 5.92 Å². The maximum atomic E-state index is 12.0. The molecule has 1 N–H and O–H groups in total. The summed E-state index contributed by atoms with van der Waals surface area (Å²) in [6.07, 6.45) is 8.54. The normalized spacial score (nSPS) is 18.6. The SMILES string of the molecule is CN(C)C(=O)CN=C(NC1CCCC1)N1CCC(Cc2ccccc2)CC1.I. The number of rotatable bonds is 5. The minimum atomic E-state index is 0. The van der Waals surface area contributed by atoms with Gasteiger partial charge in [-0.25, -0.2) is 4.99 Å². The van der Waals surface area contributed by atoms with E-state index in [0.29, 0.717) is 6.04 Å². The van der Waals surface area contributed by atoms with Crippen LogP contribution in [-0.4, -0.2) is 61.4 Å². The molecule has 6 heteroatoms. The number of likely N-dealkylation sites (tertiary alicyclic amines) is 1. The maximum Gasteiger partial charge on any atom is 0.243 e. The van der Waals surface area contributed by atoms with Gasteiger partial charge in [-0.3, -0.25) is 4.79 Å². The Morgan fingerprint density at radius 3 is 2.36 bits per heavy atom. The van der Waals surface area contributed by atoms with Crippen molar-refractivity contribution in [3.8, 4) is 0 Å². The first-order valence-corrected chi connectivity index (χ1v) is 10.4. The molecule has 1 saturated carbocycles. The predicted octanol–water partition coefficient (Wildman–Crippen LogP) is 3.54. The van der Waals surface area contributed by atoms with Crippen LogP contribution in [0.1, 0.15) is 44.1 Å². The largest absolute Gasteiger partial charge is 0.353 e. The lowest BCUT2D eigenvalue weighted by atomic mass is 9.90. The lowest BCUT2D eigenvalue weighted by molar-refractivity contribution is -0.127. The lowest BCUT2D eigenvalue weighted by Crippen LogP contribution is -2.49. The van der Waals surface area contributed by atoms with Crippen molar-refractivity contribution >= 4 is 35.8 Å². The lowest BCUT2D eigenvalue weighted by Gasteiger charge is -2.35. The summed E-state index contributed by atoms with van der Waals surface area (Å²) in [4.78, 5) is 20.7. The Kier molecular flexibility index (Phi) is 9.55. The maximum absolute atomic E-state index is 12.0. The standard InChI is InChI=1S/C22H34N4O.HI/c1-25(2)21(27)17-23-22(24-20-10-6-7-11-20)26-14-12-19(13-15-26)16-18-8-4-3-5-9-18;/h3-5,8-9,19-20H,6-7,10-17H2,1-2H3,(H,23,24);1H. The topological polar surface area (TPSA) is 47.9 Å². The van der Waals surface area contributed by atoms with Crippen LogP contribution in [0.25, 0.3) is 0 Å². The molecule has 5 nitrogen and oxygen atoms in total. The monoisotopic (exact) mass is 498 g/mol. The first-order valence-electron chi connectivity index (χ1n) is 10.4. The second-order valence-electron chi connectivity index (χ2n) is 8.17. The van der Waals surface area contributed by atoms with Crippen LogP contribution < -0.4 is 5.32 Å². The van der Waals surface area contributed by atoms with Gasteiger partial charge in [-0.1, -0.05) is 43.2 Å². The van der Waals surface area contributed by atoms with Gasteiger partial charge < -0.3 is 15.1 Å². The third-order valence-corrected chi connectivity index (χ3v) is 5.83. The van der Waals surface area contributed by atoms with E-state index < -0.39 is 0 Å². The quantitative estimate of drug-likeness (QED) is 0.384. The zero-order valence-electron chi connectivity index (χ0n) is 17.3. The molecule has 3 rings (SSSR count). The van der Waals surface area contributed by atoms with Gasteiger partial charge in [0.2, 0.25) is 5.91 Å². The zero-order valence-corrected chi connectivity index (χ0v) is 19.6. The average Bonchev–Trinajstić information content (AvgIpc) is 3.19. The number of halogens is 1. The number of amides is 1. The number of piperidine rings is 1. The van der Waals surface area contributed by atoms with Gasteiger partial charge in [0.15, 0.2) is 5.96 Å². The van der Waals surface area contributed by atoms with Crippen LogP contribution >= 0.6 is 24.0 Å². The van der Waals surface area contributed by atoms with E-state index in [0.717, 1.165) is 31.4 Å². The number of aliphatic imine (C=N–C) groups is 1. The minimum Gasteiger partial charge on any atom is -0.353 e. The van der Waals surface area contributed by atoms with Crippen LogP contribution in [-0.2, 0) is 11.2 Å². The summed E-state index contributed by atoms with van der Waals surface area (Å²) in [6.45, 7) is 2.27. The summed E-state index contributed by atoms with van der Waals surface area (Å²) < 4.78 is 0. The third-order valence-electron chi connectivity index (χ3n) is 5.83. The Balaban J connectivity index is 0.00000280. The molecule has 2 fully saturated rings. The van der Waals surface area contributed by atoms with Gasteiger partial charge in [0.05, 0.1) is 0 Å². The van der Waals surface area contributed by atoms with E-state index >= 15 is 0 Å².